The van der Waals surface area contributed by atoms with E-state index < -0.39 is 5.87 Å². The molecule has 0 bridgehead atoms. The van der Waals surface area contributed by atoms with Crippen LogP contribution < -0.4 is 0 Å². The van der Waals surface area contributed by atoms with Crippen molar-refractivity contribution in [1.29, 1.82) is 0 Å². The minimum atomic E-state index is -0.833. The topological polar surface area (TPSA) is 37.3 Å². The van der Waals surface area contributed by atoms with Crippen LogP contribution in [0.3, 0.4) is 0 Å². The Labute approximate surface area is 41.2 Å². The van der Waals surface area contributed by atoms with Crippen molar-refractivity contribution in [3.8, 4) is 0 Å². The van der Waals surface area contributed by atoms with Crippen molar-refractivity contribution in [2.75, 3.05) is 0 Å². The molecular weight excluding hydrogens is 114 g/mol. The van der Waals surface area contributed by atoms with Gasteiger partial charge in [0.1, 0.15) is 0 Å². The molecule has 31 valence electrons. The van der Waals surface area contributed by atoms with Crippen molar-refractivity contribution in [2.45, 2.75) is 0 Å². The quantitative estimate of drug-likeness (QED) is 0.425. The molecule has 1 N–H and O–H groups in total. The van der Waals surface area contributed by atoms with Gasteiger partial charge in [0.25, 0.3) is 0 Å². The Kier molecular flexibility index (Phi) is 7.20. The Morgan fingerprint density at radius 1 is 1.80 bits per heavy atom. The zero-order chi connectivity index (χ0) is 3.58. The Hall–Kier alpha value is 0.0414. The van der Waals surface area contributed by atoms with Crippen molar-refractivity contribution >= 4 is 13.7 Å². The van der Waals surface area contributed by atoms with Crippen LogP contribution in [-0.2, 0) is 16.8 Å². The van der Waals surface area contributed by atoms with Gasteiger partial charge >= 0.3 is 0 Å². The summed E-state index contributed by atoms with van der Waals surface area (Å²) in [4.78, 5) is 9.00. The molecule has 0 amide bonds. The smallest absolute Gasteiger partial charge is 0.242 e. The van der Waals surface area contributed by atoms with E-state index in [2.05, 4.69) is 0 Å². The van der Waals surface area contributed by atoms with Crippen molar-refractivity contribution in [2.24, 2.45) is 0 Å². The van der Waals surface area contributed by atoms with E-state index in [-0.39, 0.29) is 16.8 Å². The third-order valence-electron chi connectivity index (χ3n) is 0. The van der Waals surface area contributed by atoms with Crippen LogP contribution in [0.1, 0.15) is 0 Å². The SMILES string of the molecule is BC(=O)O.[Co]. The summed E-state index contributed by atoms with van der Waals surface area (Å²) in [5, 5.41) is 7.42. The Bertz CT molecular complexity index is 32.6. The molecule has 0 atom stereocenters. The summed E-state index contributed by atoms with van der Waals surface area (Å²) in [5.74, 6) is -0.833. The van der Waals surface area contributed by atoms with Crippen LogP contribution in [0.4, 0.5) is 4.79 Å². The van der Waals surface area contributed by atoms with Gasteiger partial charge in [0.05, 0.1) is 0 Å². The first kappa shape index (κ1) is 8.90. The molecule has 5 heavy (non-hydrogen) atoms. The van der Waals surface area contributed by atoms with E-state index in [0.717, 1.165) is 7.85 Å². The minimum absolute atomic E-state index is 0. The van der Waals surface area contributed by atoms with Gasteiger partial charge in [-0.2, -0.15) is 0 Å². The van der Waals surface area contributed by atoms with Gasteiger partial charge in [-0.1, -0.05) is 0 Å². The third kappa shape index (κ3) is 9810. The van der Waals surface area contributed by atoms with E-state index in [4.69, 9.17) is 9.90 Å². The molecule has 0 saturated carbocycles. The summed E-state index contributed by atoms with van der Waals surface area (Å²) in [6.07, 6.45) is 0. The summed E-state index contributed by atoms with van der Waals surface area (Å²) in [6, 6.07) is 0. The van der Waals surface area contributed by atoms with Crippen LogP contribution in [0.5, 0.6) is 0 Å². The molecule has 0 aliphatic rings. The van der Waals surface area contributed by atoms with Crippen LogP contribution >= 0.6 is 0 Å². The number of rotatable bonds is 0. The van der Waals surface area contributed by atoms with Crippen LogP contribution in [0.25, 0.3) is 0 Å². The first-order valence-electron chi connectivity index (χ1n) is 0.928. The first-order valence-corrected chi connectivity index (χ1v) is 0.928. The van der Waals surface area contributed by atoms with Crippen molar-refractivity contribution in [3.05, 3.63) is 0 Å². The molecule has 0 aromatic rings. The molecule has 2 nitrogen and oxygen atoms in total. The third-order valence-corrected chi connectivity index (χ3v) is 0. The van der Waals surface area contributed by atoms with E-state index in [1.807, 2.05) is 0 Å². The Balaban J connectivity index is 0. The maximum atomic E-state index is 9.00. The minimum Gasteiger partial charge on any atom is -0.490 e. The summed E-state index contributed by atoms with van der Waals surface area (Å²) in [7, 11) is 1.08. The van der Waals surface area contributed by atoms with Gasteiger partial charge in [0.15, 0.2) is 0 Å². The summed E-state index contributed by atoms with van der Waals surface area (Å²) < 4.78 is 0. The van der Waals surface area contributed by atoms with Crippen LogP contribution in [0, 0.1) is 0 Å². The fourth-order valence-corrected chi connectivity index (χ4v) is 0. The molecule has 0 aliphatic carbocycles. The summed E-state index contributed by atoms with van der Waals surface area (Å²) in [5.41, 5.74) is 0. The van der Waals surface area contributed by atoms with Crippen molar-refractivity contribution in [1.82, 2.24) is 0 Å². The molecule has 0 unspecified atom stereocenters. The average molecular weight is 117 g/mol. The normalized spacial score (nSPS) is 4.80. The Morgan fingerprint density at radius 2 is 1.80 bits per heavy atom. The second kappa shape index (κ2) is 4.04. The van der Waals surface area contributed by atoms with Crippen LogP contribution in [-0.4, -0.2) is 18.8 Å². The number of carbonyl (C=O) groups is 1. The van der Waals surface area contributed by atoms with Crippen LogP contribution in [0.15, 0.2) is 0 Å². The van der Waals surface area contributed by atoms with E-state index in [0.29, 0.717) is 0 Å². The zero-order valence-corrected chi connectivity index (χ0v) is 3.73. The number of hydrogen-bond donors (Lipinski definition) is 1. The maximum Gasteiger partial charge on any atom is 0.242 e. The molecule has 0 aromatic carbocycles. The monoisotopic (exact) mass is 117 g/mol. The number of carboxylic acid groups (broad SMARTS) is 1. The molecular formula is CH3BCoO2. The van der Waals surface area contributed by atoms with Gasteiger partial charge < -0.3 is 5.11 Å². The van der Waals surface area contributed by atoms with E-state index >= 15 is 0 Å². The second-order valence-corrected chi connectivity index (χ2v) is 0.519. The molecule has 4 heteroatoms. The molecule has 0 fully saturated rings. The summed E-state index contributed by atoms with van der Waals surface area (Å²) >= 11 is 0. The fraction of sp³-hybridized carbons (Fsp3) is 0. The predicted molar refractivity (Wildman–Crippen MR) is 16.6 cm³/mol. The van der Waals surface area contributed by atoms with Gasteiger partial charge in [0, 0.05) is 16.8 Å². The van der Waals surface area contributed by atoms with E-state index in [1.165, 1.54) is 0 Å². The van der Waals surface area contributed by atoms with Gasteiger partial charge in [-0.3, -0.25) is 4.79 Å². The largest absolute Gasteiger partial charge is 0.490 e. The zero-order valence-electron chi connectivity index (χ0n) is 2.69. The van der Waals surface area contributed by atoms with Gasteiger partial charge in [0.2, 0.25) is 13.7 Å². The fourth-order valence-electron chi connectivity index (χ4n) is 0. The molecule has 0 aliphatic heterocycles. The Morgan fingerprint density at radius 3 is 1.80 bits per heavy atom. The van der Waals surface area contributed by atoms with Gasteiger partial charge in [-0.05, 0) is 0 Å². The maximum absolute atomic E-state index is 9.00. The molecule has 1 radical (unpaired) electrons. The second-order valence-electron chi connectivity index (χ2n) is 0.519. The van der Waals surface area contributed by atoms with Gasteiger partial charge in [-0.25, -0.2) is 0 Å². The van der Waals surface area contributed by atoms with Gasteiger partial charge in [-0.15, -0.1) is 0 Å². The molecule has 0 rings (SSSR count). The van der Waals surface area contributed by atoms with E-state index in [9.17, 15) is 0 Å². The number of hydrogen-bond acceptors (Lipinski definition) is 1. The first-order chi connectivity index (χ1) is 1.73. The van der Waals surface area contributed by atoms with E-state index in [1.54, 1.807) is 0 Å². The van der Waals surface area contributed by atoms with Crippen LogP contribution in [0.2, 0.25) is 0 Å². The standard InChI is InChI=1S/CH3BO2.Co/c2-1(3)4;/h2H2,(H,3,4);. The molecule has 0 aromatic heterocycles. The average Bonchev–Trinajstić information content (AvgIpc) is 0.811. The predicted octanol–water partition coefficient (Wildman–Crippen LogP) is -0.705. The van der Waals surface area contributed by atoms with Crippen molar-refractivity contribution < 1.29 is 26.7 Å². The molecule has 0 saturated heterocycles. The summed E-state index contributed by atoms with van der Waals surface area (Å²) in [6.45, 7) is 0. The molecule has 0 spiro atoms. The van der Waals surface area contributed by atoms with Crippen molar-refractivity contribution in [3.63, 3.8) is 0 Å². The molecule has 0 heterocycles.